The molecule has 0 spiro atoms. The Morgan fingerprint density at radius 3 is 2.78 bits per heavy atom. The largest absolute Gasteiger partial charge is 0.548 e. The maximum absolute atomic E-state index is 10.0. The summed E-state index contributed by atoms with van der Waals surface area (Å²) in [6.45, 7) is 0. The smallest absolute Gasteiger partial charge is 0.0918 e. The van der Waals surface area contributed by atoms with E-state index in [1.807, 2.05) is 0 Å². The predicted octanol–water partition coefficient (Wildman–Crippen LogP) is -2.06. The van der Waals surface area contributed by atoms with Crippen molar-refractivity contribution in [3.8, 4) is 0 Å². The third-order valence-corrected chi connectivity index (χ3v) is 1.17. The number of carboxylic acids is 1. The number of aliphatic imine (C=N–C) groups is 1. The number of carbonyl (C=O) groups is 1. The van der Waals surface area contributed by atoms with Gasteiger partial charge in [-0.15, -0.1) is 0 Å². The number of nitrogens with zero attached hydrogens (tertiary/aromatic N) is 1. The molecule has 1 N–H and O–H groups in total. The van der Waals surface area contributed by atoms with Gasteiger partial charge in [-0.25, -0.2) is 0 Å². The van der Waals surface area contributed by atoms with Gasteiger partial charge in [0.2, 0.25) is 0 Å². The number of rotatable bonds is 1. The summed E-state index contributed by atoms with van der Waals surface area (Å²) < 4.78 is 0. The minimum absolute atomic E-state index is 0.155. The van der Waals surface area contributed by atoms with Crippen LogP contribution in [0.2, 0.25) is 0 Å². The van der Waals surface area contributed by atoms with Crippen LogP contribution in [0.25, 0.3) is 0 Å². The first-order valence-corrected chi connectivity index (χ1v) is 2.62. The van der Waals surface area contributed by atoms with Crippen molar-refractivity contribution >= 4 is 12.2 Å². The highest BCUT2D eigenvalue weighted by atomic mass is 16.4. The third-order valence-electron chi connectivity index (χ3n) is 1.17. The maximum atomic E-state index is 10.0. The van der Waals surface area contributed by atoms with E-state index in [1.54, 1.807) is 0 Å². The van der Waals surface area contributed by atoms with Gasteiger partial charge < -0.3 is 15.0 Å². The third kappa shape index (κ3) is 1.26. The molecule has 1 aliphatic rings. The van der Waals surface area contributed by atoms with Crippen molar-refractivity contribution in [2.24, 2.45) is 4.99 Å². The van der Waals surface area contributed by atoms with Gasteiger partial charge in [0.25, 0.3) is 0 Å². The molecular weight excluding hydrogens is 122 g/mol. The van der Waals surface area contributed by atoms with E-state index < -0.39 is 18.1 Å². The molecule has 0 fully saturated rings. The van der Waals surface area contributed by atoms with Crippen LogP contribution in [0.3, 0.4) is 0 Å². The molecule has 1 rings (SSSR count). The SMILES string of the molecule is O=C([O-])[C@@H]1C[C@@H](O)C=N1. The van der Waals surface area contributed by atoms with Crippen molar-refractivity contribution in [1.29, 1.82) is 0 Å². The van der Waals surface area contributed by atoms with E-state index in [0.717, 1.165) is 0 Å². The number of aliphatic hydroxyl groups excluding tert-OH is 1. The van der Waals surface area contributed by atoms with Gasteiger partial charge >= 0.3 is 0 Å². The van der Waals surface area contributed by atoms with Crippen molar-refractivity contribution < 1.29 is 15.0 Å². The molecule has 0 aromatic heterocycles. The van der Waals surface area contributed by atoms with Crippen LogP contribution >= 0.6 is 0 Å². The lowest BCUT2D eigenvalue weighted by atomic mass is 10.2. The number of carbonyl (C=O) groups excluding carboxylic acids is 1. The molecule has 0 aromatic carbocycles. The zero-order valence-corrected chi connectivity index (χ0v) is 4.65. The Kier molecular flexibility index (Phi) is 1.48. The van der Waals surface area contributed by atoms with Crippen LogP contribution in [0.1, 0.15) is 6.42 Å². The minimum Gasteiger partial charge on any atom is -0.548 e. The summed E-state index contributed by atoms with van der Waals surface area (Å²) in [5, 5.41) is 18.7. The van der Waals surface area contributed by atoms with Crippen molar-refractivity contribution in [3.05, 3.63) is 0 Å². The average Bonchev–Trinajstić information content (AvgIpc) is 2.14. The molecule has 0 aromatic rings. The molecule has 0 radical (unpaired) electrons. The van der Waals surface area contributed by atoms with E-state index in [-0.39, 0.29) is 6.42 Å². The van der Waals surface area contributed by atoms with E-state index in [9.17, 15) is 9.90 Å². The molecule has 0 saturated carbocycles. The Bertz CT molecular complexity index is 154. The van der Waals surface area contributed by atoms with E-state index in [1.165, 1.54) is 6.21 Å². The highest BCUT2D eigenvalue weighted by molar-refractivity contribution is 5.78. The van der Waals surface area contributed by atoms with Gasteiger partial charge in [-0.05, 0) is 0 Å². The molecule has 50 valence electrons. The molecule has 0 bridgehead atoms. The molecule has 0 aliphatic carbocycles. The zero-order valence-electron chi connectivity index (χ0n) is 4.65. The highest BCUT2D eigenvalue weighted by Crippen LogP contribution is 2.06. The summed E-state index contributed by atoms with van der Waals surface area (Å²) in [4.78, 5) is 13.5. The predicted molar refractivity (Wildman–Crippen MR) is 27.9 cm³/mol. The van der Waals surface area contributed by atoms with E-state index in [0.29, 0.717) is 0 Å². The molecule has 0 amide bonds. The number of aliphatic hydroxyl groups is 1. The van der Waals surface area contributed by atoms with Crippen molar-refractivity contribution in [1.82, 2.24) is 0 Å². The first-order valence-electron chi connectivity index (χ1n) is 2.62. The van der Waals surface area contributed by atoms with Gasteiger partial charge in [0.05, 0.1) is 18.1 Å². The molecule has 1 aliphatic heterocycles. The molecule has 0 saturated heterocycles. The number of hydrogen-bond acceptors (Lipinski definition) is 4. The first-order chi connectivity index (χ1) is 4.20. The molecule has 1 heterocycles. The normalized spacial score (nSPS) is 33.0. The molecule has 9 heavy (non-hydrogen) atoms. The average molecular weight is 128 g/mol. The van der Waals surface area contributed by atoms with Crippen LogP contribution in [0.15, 0.2) is 4.99 Å². The van der Waals surface area contributed by atoms with Crippen LogP contribution in [0.5, 0.6) is 0 Å². The second kappa shape index (κ2) is 2.14. The quantitative estimate of drug-likeness (QED) is 0.441. The second-order valence-corrected chi connectivity index (χ2v) is 1.94. The van der Waals surface area contributed by atoms with Crippen LogP contribution < -0.4 is 5.11 Å². The maximum Gasteiger partial charge on any atom is 0.0918 e. The van der Waals surface area contributed by atoms with Gasteiger partial charge in [0, 0.05) is 12.6 Å². The first kappa shape index (κ1) is 6.22. The minimum atomic E-state index is -1.22. The Morgan fingerprint density at radius 2 is 2.56 bits per heavy atom. The van der Waals surface area contributed by atoms with Gasteiger partial charge in [-0.1, -0.05) is 0 Å². The van der Waals surface area contributed by atoms with Gasteiger partial charge in [-0.3, -0.25) is 4.99 Å². The number of carboxylic acid groups (broad SMARTS) is 1. The fourth-order valence-electron chi connectivity index (χ4n) is 0.711. The zero-order chi connectivity index (χ0) is 6.85. The second-order valence-electron chi connectivity index (χ2n) is 1.94. The summed E-state index contributed by atoms with van der Waals surface area (Å²) in [6.07, 6.45) is 0.677. The van der Waals surface area contributed by atoms with E-state index in [2.05, 4.69) is 4.99 Å². The fourth-order valence-corrected chi connectivity index (χ4v) is 0.711. The van der Waals surface area contributed by atoms with Crippen LogP contribution in [-0.2, 0) is 4.79 Å². The summed E-state index contributed by atoms with van der Waals surface area (Å²) >= 11 is 0. The van der Waals surface area contributed by atoms with Gasteiger partial charge in [-0.2, -0.15) is 0 Å². The van der Waals surface area contributed by atoms with Crippen molar-refractivity contribution in [3.63, 3.8) is 0 Å². The molecular formula is C5H6NO3-. The van der Waals surface area contributed by atoms with E-state index >= 15 is 0 Å². The molecule has 4 nitrogen and oxygen atoms in total. The Morgan fingerprint density at radius 1 is 1.89 bits per heavy atom. The van der Waals surface area contributed by atoms with Crippen LogP contribution in [0, 0.1) is 0 Å². The highest BCUT2D eigenvalue weighted by Gasteiger charge is 2.18. The summed E-state index contributed by atoms with van der Waals surface area (Å²) in [5.41, 5.74) is 0. The van der Waals surface area contributed by atoms with Gasteiger partial charge in [0.15, 0.2) is 0 Å². The topological polar surface area (TPSA) is 72.7 Å². The van der Waals surface area contributed by atoms with Crippen LogP contribution in [0.4, 0.5) is 0 Å². The Hall–Kier alpha value is -0.900. The molecule has 0 unspecified atom stereocenters. The van der Waals surface area contributed by atoms with E-state index in [4.69, 9.17) is 5.11 Å². The lowest BCUT2D eigenvalue weighted by molar-refractivity contribution is -0.307. The number of hydrogen-bond donors (Lipinski definition) is 1. The van der Waals surface area contributed by atoms with Crippen molar-refractivity contribution in [2.75, 3.05) is 0 Å². The van der Waals surface area contributed by atoms with Crippen LogP contribution in [-0.4, -0.2) is 29.4 Å². The molecule has 2 atom stereocenters. The molecule has 4 heteroatoms. The summed E-state index contributed by atoms with van der Waals surface area (Å²) in [5.74, 6) is -1.22. The Labute approximate surface area is 51.8 Å². The Balaban J connectivity index is 2.50. The fraction of sp³-hybridized carbons (Fsp3) is 0.600. The summed E-state index contributed by atoms with van der Waals surface area (Å²) in [6, 6.07) is -0.833. The standard InChI is InChI=1S/C5H7NO3/c7-3-1-4(5(8)9)6-2-3/h2-4,7H,1H2,(H,8,9)/p-1/t3-,4+/m1/s1. The lowest BCUT2D eigenvalue weighted by Crippen LogP contribution is -2.33. The summed E-state index contributed by atoms with van der Waals surface area (Å²) in [7, 11) is 0. The van der Waals surface area contributed by atoms with Gasteiger partial charge in [0.1, 0.15) is 0 Å². The van der Waals surface area contributed by atoms with Crippen molar-refractivity contribution in [2.45, 2.75) is 18.6 Å². The monoisotopic (exact) mass is 128 g/mol. The lowest BCUT2D eigenvalue weighted by Gasteiger charge is -2.06. The number of aliphatic carboxylic acids is 1.